The number of nitrogens with zero attached hydrogens (tertiary/aromatic N) is 2. The molecule has 1 aromatic heterocycles. The van der Waals surface area contributed by atoms with Gasteiger partial charge in [0.2, 0.25) is 9.47 Å². The van der Waals surface area contributed by atoms with Crippen LogP contribution in [-0.4, -0.2) is 35.4 Å². The van der Waals surface area contributed by atoms with Crippen molar-refractivity contribution >= 4 is 28.8 Å². The highest BCUT2D eigenvalue weighted by Gasteiger charge is 2.30. The lowest BCUT2D eigenvalue weighted by molar-refractivity contribution is 0.0176. The topological polar surface area (TPSA) is 64.1 Å². The number of ether oxygens (including phenoxy) is 1. The number of nitrogens with one attached hydrogen (secondary N) is 1. The number of aromatic nitrogens is 2. The molecule has 7 heteroatoms. The van der Waals surface area contributed by atoms with Gasteiger partial charge in [-0.2, -0.15) is 0 Å². The molecule has 0 saturated heterocycles. The zero-order chi connectivity index (χ0) is 10.8. The number of hydrogen-bond acceptors (Lipinski definition) is 5. The minimum atomic E-state index is -0.209. The van der Waals surface area contributed by atoms with Gasteiger partial charge in [0.25, 0.3) is 5.91 Å². The molecule has 1 N–H and O–H groups in total. The molecule has 1 aromatic rings. The second-order valence-electron chi connectivity index (χ2n) is 3.36. The van der Waals surface area contributed by atoms with Crippen molar-refractivity contribution in [1.29, 1.82) is 0 Å². The van der Waals surface area contributed by atoms with Crippen LogP contribution in [0.4, 0.5) is 0 Å². The van der Waals surface area contributed by atoms with Crippen LogP contribution in [0.25, 0.3) is 0 Å². The van der Waals surface area contributed by atoms with Crippen molar-refractivity contribution in [2.45, 2.75) is 25.0 Å². The molecule has 1 heterocycles. The Morgan fingerprint density at radius 3 is 2.87 bits per heavy atom. The number of carbonyl (C=O) groups excluding carboxylic acids is 1. The van der Waals surface area contributed by atoms with Crippen LogP contribution in [0.2, 0.25) is 4.47 Å². The van der Waals surface area contributed by atoms with Crippen LogP contribution in [0.3, 0.4) is 0 Å². The lowest BCUT2D eigenvalue weighted by Gasteiger charge is -2.34. The molecule has 0 radical (unpaired) electrons. The lowest BCUT2D eigenvalue weighted by Crippen LogP contribution is -2.47. The average molecular weight is 248 g/mol. The van der Waals surface area contributed by atoms with Crippen molar-refractivity contribution in [2.75, 3.05) is 7.11 Å². The lowest BCUT2D eigenvalue weighted by atomic mass is 9.89. The Hall–Kier alpha value is -0.720. The van der Waals surface area contributed by atoms with E-state index in [0.29, 0.717) is 5.01 Å². The summed E-state index contributed by atoms with van der Waals surface area (Å²) in [6, 6.07) is 0.185. The first-order chi connectivity index (χ1) is 7.19. The minimum Gasteiger partial charge on any atom is -0.381 e. The van der Waals surface area contributed by atoms with Crippen molar-refractivity contribution in [3.05, 3.63) is 9.47 Å². The first-order valence-electron chi connectivity index (χ1n) is 4.51. The molecule has 1 aliphatic rings. The molecule has 82 valence electrons. The van der Waals surface area contributed by atoms with Gasteiger partial charge in [-0.3, -0.25) is 4.79 Å². The third-order valence-electron chi connectivity index (χ3n) is 2.36. The van der Waals surface area contributed by atoms with Gasteiger partial charge in [-0.05, 0) is 24.4 Å². The van der Waals surface area contributed by atoms with Crippen molar-refractivity contribution in [3.8, 4) is 0 Å². The fourth-order valence-corrected chi connectivity index (χ4v) is 2.15. The highest BCUT2D eigenvalue weighted by molar-refractivity contribution is 7.17. The van der Waals surface area contributed by atoms with Crippen molar-refractivity contribution in [3.63, 3.8) is 0 Å². The molecule has 1 aliphatic carbocycles. The van der Waals surface area contributed by atoms with Gasteiger partial charge < -0.3 is 10.1 Å². The standard InChI is InChI=1S/C8H10ClN3O2S/c1-14-5-2-4(3-5)10-6(13)7-11-12-8(9)15-7/h4-5H,2-3H2,1H3,(H,10,13). The molecule has 0 spiro atoms. The van der Waals surface area contributed by atoms with Gasteiger partial charge in [-0.15, -0.1) is 10.2 Å². The van der Waals surface area contributed by atoms with E-state index in [1.54, 1.807) is 7.11 Å². The normalized spacial score (nSPS) is 24.7. The number of amides is 1. The van der Waals surface area contributed by atoms with Gasteiger partial charge in [0.15, 0.2) is 0 Å². The summed E-state index contributed by atoms with van der Waals surface area (Å²) in [6.07, 6.45) is 1.98. The van der Waals surface area contributed by atoms with Crippen LogP contribution in [-0.2, 0) is 4.74 Å². The molecular weight excluding hydrogens is 238 g/mol. The predicted molar refractivity (Wildman–Crippen MR) is 56.2 cm³/mol. The fraction of sp³-hybridized carbons (Fsp3) is 0.625. The molecule has 15 heavy (non-hydrogen) atoms. The van der Waals surface area contributed by atoms with E-state index in [1.807, 2.05) is 0 Å². The van der Waals surface area contributed by atoms with E-state index in [2.05, 4.69) is 15.5 Å². The number of carbonyl (C=O) groups is 1. The molecule has 1 amide bonds. The summed E-state index contributed by atoms with van der Waals surface area (Å²) in [4.78, 5) is 11.6. The molecule has 0 aliphatic heterocycles. The second kappa shape index (κ2) is 4.42. The van der Waals surface area contributed by atoms with Crippen molar-refractivity contribution < 1.29 is 9.53 Å². The molecule has 2 rings (SSSR count). The Balaban J connectivity index is 1.84. The van der Waals surface area contributed by atoms with Gasteiger partial charge in [0.05, 0.1) is 6.10 Å². The van der Waals surface area contributed by atoms with Crippen molar-refractivity contribution in [2.24, 2.45) is 0 Å². The quantitative estimate of drug-likeness (QED) is 0.869. The monoisotopic (exact) mass is 247 g/mol. The number of rotatable bonds is 3. The number of halogens is 1. The zero-order valence-electron chi connectivity index (χ0n) is 8.07. The van der Waals surface area contributed by atoms with Crippen LogP contribution >= 0.6 is 22.9 Å². The van der Waals surface area contributed by atoms with Gasteiger partial charge in [0.1, 0.15) is 0 Å². The van der Waals surface area contributed by atoms with Crippen LogP contribution in [0.1, 0.15) is 22.6 Å². The number of hydrogen-bond donors (Lipinski definition) is 1. The fourth-order valence-electron chi connectivity index (χ4n) is 1.42. The largest absolute Gasteiger partial charge is 0.381 e. The Bertz CT molecular complexity index is 365. The van der Waals surface area contributed by atoms with E-state index in [1.165, 1.54) is 0 Å². The van der Waals surface area contributed by atoms with E-state index >= 15 is 0 Å². The highest BCUT2D eigenvalue weighted by atomic mass is 35.5. The molecule has 0 aromatic carbocycles. The predicted octanol–water partition coefficient (Wildman–Crippen LogP) is 1.10. The molecule has 5 nitrogen and oxygen atoms in total. The molecule has 0 atom stereocenters. The molecule has 1 fully saturated rings. The third kappa shape index (κ3) is 2.45. The summed E-state index contributed by atoms with van der Waals surface area (Å²) in [7, 11) is 1.67. The van der Waals surface area contributed by atoms with Gasteiger partial charge in [-0.1, -0.05) is 11.3 Å². The zero-order valence-corrected chi connectivity index (χ0v) is 9.64. The summed E-state index contributed by atoms with van der Waals surface area (Å²) in [6.45, 7) is 0. The Morgan fingerprint density at radius 2 is 2.33 bits per heavy atom. The van der Waals surface area contributed by atoms with Gasteiger partial charge >= 0.3 is 0 Å². The Morgan fingerprint density at radius 1 is 1.60 bits per heavy atom. The molecular formula is C8H10ClN3O2S. The maximum Gasteiger partial charge on any atom is 0.282 e. The summed E-state index contributed by atoms with van der Waals surface area (Å²) < 4.78 is 5.39. The first-order valence-corrected chi connectivity index (χ1v) is 5.71. The highest BCUT2D eigenvalue weighted by Crippen LogP contribution is 2.23. The molecule has 0 bridgehead atoms. The van der Waals surface area contributed by atoms with Crippen molar-refractivity contribution in [1.82, 2.24) is 15.5 Å². The van der Waals surface area contributed by atoms with Crippen LogP contribution in [0, 0.1) is 0 Å². The summed E-state index contributed by atoms with van der Waals surface area (Å²) >= 11 is 6.66. The second-order valence-corrected chi connectivity index (χ2v) is 4.92. The van der Waals surface area contributed by atoms with Crippen LogP contribution in [0.15, 0.2) is 0 Å². The van der Waals surface area contributed by atoms with Gasteiger partial charge in [-0.25, -0.2) is 0 Å². The van der Waals surface area contributed by atoms with Gasteiger partial charge in [0, 0.05) is 13.2 Å². The summed E-state index contributed by atoms with van der Waals surface area (Å²) in [5.41, 5.74) is 0. The van der Waals surface area contributed by atoms with E-state index < -0.39 is 0 Å². The SMILES string of the molecule is COC1CC(NC(=O)c2nnc(Cl)s2)C1. The van der Waals surface area contributed by atoms with E-state index in [9.17, 15) is 4.79 Å². The van der Waals surface area contributed by atoms with E-state index in [4.69, 9.17) is 16.3 Å². The molecule has 1 saturated carbocycles. The summed E-state index contributed by atoms with van der Waals surface area (Å²) in [5.74, 6) is -0.209. The maximum absolute atomic E-state index is 11.6. The van der Waals surface area contributed by atoms with Crippen LogP contribution in [0.5, 0.6) is 0 Å². The average Bonchev–Trinajstić information content (AvgIpc) is 2.57. The third-order valence-corrected chi connectivity index (χ3v) is 3.38. The van der Waals surface area contributed by atoms with Crippen LogP contribution < -0.4 is 5.32 Å². The first kappa shape index (κ1) is 10.8. The Kier molecular flexibility index (Phi) is 3.18. The molecule has 0 unspecified atom stereocenters. The minimum absolute atomic E-state index is 0.185. The smallest absolute Gasteiger partial charge is 0.282 e. The Labute approximate surface area is 95.8 Å². The number of methoxy groups -OCH3 is 1. The van der Waals surface area contributed by atoms with E-state index in [-0.39, 0.29) is 22.5 Å². The van der Waals surface area contributed by atoms with E-state index in [0.717, 1.165) is 24.2 Å². The maximum atomic E-state index is 11.6. The summed E-state index contributed by atoms with van der Waals surface area (Å²) in [5, 5.41) is 10.4.